The normalized spacial score (nSPS) is 14.9. The first kappa shape index (κ1) is 15.5. The Balaban J connectivity index is 4.24. The quantitative estimate of drug-likeness (QED) is 0.207. The Morgan fingerprint density at radius 2 is 1.69 bits per heavy atom. The minimum atomic E-state index is -3.36. The Hall–Kier alpha value is -0.530. The van der Waals surface area contributed by atoms with Crippen molar-refractivity contribution in [3.63, 3.8) is 0 Å². The summed E-state index contributed by atoms with van der Waals surface area (Å²) >= 11 is 0. The van der Waals surface area contributed by atoms with Crippen LogP contribution < -0.4 is 0 Å². The average Bonchev–Trinajstić information content (AvgIpc) is 2.23. The number of rotatable bonds is 8. The minimum absolute atomic E-state index is 0.0241. The van der Waals surface area contributed by atoms with E-state index in [1.165, 1.54) is 0 Å². The van der Waals surface area contributed by atoms with Crippen molar-refractivity contribution in [1.29, 1.82) is 0 Å². The molecule has 0 amide bonds. The molecule has 96 valence electrons. The lowest BCUT2D eigenvalue weighted by molar-refractivity contribution is -0.361. The molecule has 1 atom stereocenters. The van der Waals surface area contributed by atoms with Gasteiger partial charge in [0.15, 0.2) is 6.29 Å². The van der Waals surface area contributed by atoms with E-state index in [0.29, 0.717) is 6.42 Å². The van der Waals surface area contributed by atoms with Gasteiger partial charge in [-0.2, -0.15) is 0 Å². The lowest BCUT2D eigenvalue weighted by Gasteiger charge is -2.34. The van der Waals surface area contributed by atoms with Gasteiger partial charge in [-0.05, 0) is 6.42 Å². The van der Waals surface area contributed by atoms with Crippen molar-refractivity contribution in [2.75, 3.05) is 0 Å². The van der Waals surface area contributed by atoms with Crippen LogP contribution in [0.2, 0.25) is 0 Å². The Labute approximate surface area is 94.2 Å². The highest BCUT2D eigenvalue weighted by Gasteiger charge is 2.52. The van der Waals surface area contributed by atoms with Crippen molar-refractivity contribution in [2.45, 2.75) is 56.7 Å². The Morgan fingerprint density at radius 3 is 2.12 bits per heavy atom. The van der Waals surface area contributed by atoms with Crippen LogP contribution in [0.4, 0.5) is 0 Å². The number of unbranched alkanes of at least 4 members (excludes halogenated alkanes) is 3. The fraction of sp³-hybridized carbons (Fsp3) is 0.900. The number of carbonyl (C=O) groups is 1. The topological polar surface area (TPSA) is 118 Å². The molecule has 0 aromatic heterocycles. The van der Waals surface area contributed by atoms with Crippen molar-refractivity contribution in [3.8, 4) is 0 Å². The monoisotopic (exact) mass is 236 g/mol. The molecular formula is C10H20O6. The highest BCUT2D eigenvalue weighted by molar-refractivity contribution is 5.61. The van der Waals surface area contributed by atoms with E-state index >= 15 is 0 Å². The fourth-order valence-corrected chi connectivity index (χ4v) is 1.30. The summed E-state index contributed by atoms with van der Waals surface area (Å²) in [7, 11) is 0. The van der Waals surface area contributed by atoms with Gasteiger partial charge in [0.25, 0.3) is 11.6 Å². The highest BCUT2D eigenvalue weighted by Crippen LogP contribution is 2.23. The van der Waals surface area contributed by atoms with E-state index in [2.05, 4.69) is 0 Å². The zero-order valence-electron chi connectivity index (χ0n) is 9.33. The third-order valence-electron chi connectivity index (χ3n) is 2.50. The van der Waals surface area contributed by atoms with E-state index in [1.807, 2.05) is 6.92 Å². The molecule has 0 aromatic rings. The van der Waals surface area contributed by atoms with E-state index in [0.717, 1.165) is 19.3 Å². The van der Waals surface area contributed by atoms with Crippen LogP contribution in [0.5, 0.6) is 0 Å². The van der Waals surface area contributed by atoms with Gasteiger partial charge >= 0.3 is 0 Å². The predicted molar refractivity (Wildman–Crippen MR) is 55.2 cm³/mol. The summed E-state index contributed by atoms with van der Waals surface area (Å²) in [5.74, 6) is -6.61. The molecule has 16 heavy (non-hydrogen) atoms. The number of hydrogen-bond acceptors (Lipinski definition) is 6. The largest absolute Gasteiger partial charge is 0.387 e. The lowest BCUT2D eigenvalue weighted by Crippen LogP contribution is -2.62. The van der Waals surface area contributed by atoms with Gasteiger partial charge in [-0.25, -0.2) is 0 Å². The van der Waals surface area contributed by atoms with Crippen molar-refractivity contribution in [3.05, 3.63) is 0 Å². The summed E-state index contributed by atoms with van der Waals surface area (Å²) in [5, 5.41) is 45.8. The maximum Gasteiger partial charge on any atom is 0.279 e. The standard InChI is InChI=1S/C10H20O6/c1-2-3-4-5-6-8(12)10(15,16)9(13,14)7-11/h7-8,12-16H,2-6H2,1H3. The third-order valence-corrected chi connectivity index (χ3v) is 2.50. The van der Waals surface area contributed by atoms with Crippen LogP contribution in [-0.2, 0) is 4.79 Å². The molecule has 0 radical (unpaired) electrons. The Kier molecular flexibility index (Phi) is 6.06. The van der Waals surface area contributed by atoms with Gasteiger partial charge in [-0.1, -0.05) is 32.6 Å². The molecular weight excluding hydrogens is 216 g/mol. The summed E-state index contributed by atoms with van der Waals surface area (Å²) in [6.07, 6.45) is 0.975. The molecule has 0 bridgehead atoms. The smallest absolute Gasteiger partial charge is 0.279 e. The second-order valence-electron chi connectivity index (χ2n) is 3.94. The molecule has 0 aliphatic rings. The molecule has 0 rings (SSSR count). The Bertz CT molecular complexity index is 213. The number of aliphatic hydroxyl groups excluding tert-OH is 1. The zero-order chi connectivity index (χ0) is 12.8. The molecule has 1 unspecified atom stereocenters. The molecule has 0 aliphatic carbocycles. The van der Waals surface area contributed by atoms with Crippen LogP contribution >= 0.6 is 0 Å². The molecule has 5 N–H and O–H groups in total. The lowest BCUT2D eigenvalue weighted by atomic mass is 9.96. The van der Waals surface area contributed by atoms with Crippen molar-refractivity contribution in [1.82, 2.24) is 0 Å². The summed E-state index contributed by atoms with van der Waals surface area (Å²) in [6.45, 7) is 2.00. The van der Waals surface area contributed by atoms with Gasteiger partial charge in [0.1, 0.15) is 6.10 Å². The van der Waals surface area contributed by atoms with Gasteiger partial charge in [0.05, 0.1) is 0 Å². The second-order valence-corrected chi connectivity index (χ2v) is 3.94. The fourth-order valence-electron chi connectivity index (χ4n) is 1.30. The van der Waals surface area contributed by atoms with Crippen LogP contribution in [0.3, 0.4) is 0 Å². The van der Waals surface area contributed by atoms with Gasteiger partial charge in [0.2, 0.25) is 0 Å². The van der Waals surface area contributed by atoms with Crippen LogP contribution in [0.15, 0.2) is 0 Å². The number of aldehydes is 1. The molecule has 0 fully saturated rings. The van der Waals surface area contributed by atoms with E-state index in [-0.39, 0.29) is 6.42 Å². The average molecular weight is 236 g/mol. The van der Waals surface area contributed by atoms with E-state index < -0.39 is 24.0 Å². The molecule has 0 saturated heterocycles. The van der Waals surface area contributed by atoms with Gasteiger partial charge in [0, 0.05) is 0 Å². The van der Waals surface area contributed by atoms with E-state index in [1.54, 1.807) is 0 Å². The second kappa shape index (κ2) is 6.27. The van der Waals surface area contributed by atoms with Crippen molar-refractivity contribution >= 4 is 6.29 Å². The van der Waals surface area contributed by atoms with Gasteiger partial charge in [-0.3, -0.25) is 4.79 Å². The molecule has 0 saturated carbocycles. The third kappa shape index (κ3) is 3.80. The van der Waals surface area contributed by atoms with Crippen LogP contribution in [0.25, 0.3) is 0 Å². The maximum absolute atomic E-state index is 10.2. The molecule has 0 spiro atoms. The first-order chi connectivity index (χ1) is 7.29. The number of hydrogen-bond donors (Lipinski definition) is 5. The highest BCUT2D eigenvalue weighted by atomic mass is 16.6. The first-order valence-corrected chi connectivity index (χ1v) is 5.33. The zero-order valence-corrected chi connectivity index (χ0v) is 9.33. The van der Waals surface area contributed by atoms with Gasteiger partial charge < -0.3 is 25.5 Å². The van der Waals surface area contributed by atoms with E-state index in [4.69, 9.17) is 10.2 Å². The van der Waals surface area contributed by atoms with E-state index in [9.17, 15) is 20.1 Å². The van der Waals surface area contributed by atoms with Crippen molar-refractivity contribution in [2.24, 2.45) is 0 Å². The molecule has 6 nitrogen and oxygen atoms in total. The van der Waals surface area contributed by atoms with Crippen LogP contribution in [-0.4, -0.2) is 49.5 Å². The van der Waals surface area contributed by atoms with Gasteiger partial charge in [-0.15, -0.1) is 0 Å². The van der Waals surface area contributed by atoms with Crippen LogP contribution in [0, 0.1) is 0 Å². The number of aliphatic hydroxyl groups is 5. The first-order valence-electron chi connectivity index (χ1n) is 5.33. The summed E-state index contributed by atoms with van der Waals surface area (Å²) in [5.41, 5.74) is 0. The molecule has 6 heteroatoms. The molecule has 0 aliphatic heterocycles. The summed E-state index contributed by atoms with van der Waals surface area (Å²) < 4.78 is 0. The summed E-state index contributed by atoms with van der Waals surface area (Å²) in [6, 6.07) is 0. The predicted octanol–water partition coefficient (Wildman–Crippen LogP) is -1.12. The Morgan fingerprint density at radius 1 is 1.12 bits per heavy atom. The minimum Gasteiger partial charge on any atom is -0.387 e. The summed E-state index contributed by atoms with van der Waals surface area (Å²) in [4.78, 5) is 10.2. The maximum atomic E-state index is 10.2. The molecule has 0 aromatic carbocycles. The molecule has 0 heterocycles. The van der Waals surface area contributed by atoms with Crippen molar-refractivity contribution < 1.29 is 30.3 Å². The SMILES string of the molecule is CCCCCCC(O)C(O)(O)C(O)(O)C=O. The number of carbonyl (C=O) groups excluding carboxylic acids is 1. The van der Waals surface area contributed by atoms with Crippen LogP contribution in [0.1, 0.15) is 39.0 Å².